The van der Waals surface area contributed by atoms with E-state index in [1.54, 1.807) is 0 Å². The van der Waals surface area contributed by atoms with Crippen LogP contribution in [0.15, 0.2) is 0 Å². The van der Waals surface area contributed by atoms with E-state index in [1.807, 2.05) is 0 Å². The zero-order valence-corrected chi connectivity index (χ0v) is 10.4. The van der Waals surface area contributed by atoms with Crippen LogP contribution < -0.4 is 0 Å². The molecule has 0 rings (SSSR count). The average molecular weight is 321 g/mol. The van der Waals surface area contributed by atoms with Gasteiger partial charge < -0.3 is 0 Å². The lowest BCUT2D eigenvalue weighted by atomic mass is 10.8. The number of hydrogen-bond donors (Lipinski definition) is 0. The van der Waals surface area contributed by atoms with Crippen LogP contribution in [-0.2, 0) is 0 Å². The Bertz CT molecular complexity index is 123. The molecule has 0 aromatic heterocycles. The first-order valence-corrected chi connectivity index (χ1v) is 4.72. The topological polar surface area (TPSA) is 0 Å². The zero-order chi connectivity index (χ0) is 11.5. The van der Waals surface area contributed by atoms with Gasteiger partial charge in [0, 0.05) is 0 Å². The molecule has 0 fully saturated rings. The van der Waals surface area contributed by atoms with Gasteiger partial charge in [0.1, 0.15) is 0 Å². The second-order valence-corrected chi connectivity index (χ2v) is 6.91. The molecule has 0 spiro atoms. The highest BCUT2D eigenvalue weighted by Crippen LogP contribution is 2.42. The molecule has 0 N–H and O–H groups in total. The lowest BCUT2D eigenvalue weighted by molar-refractivity contribution is -0.124. The third-order valence-electron chi connectivity index (χ3n) is 0.321. The molecule has 0 nitrogen and oxygen atoms in total. The fraction of sp³-hybridized carbons (Fsp3) is 1.00. The number of halogens is 9. The Kier molecular flexibility index (Phi) is 7.26. The fourth-order valence-electron chi connectivity index (χ4n) is 0. The van der Waals surface area contributed by atoms with Crippen LogP contribution in [0.2, 0.25) is 0 Å². The smallest absolute Gasteiger partial charge is 0.166 e. The van der Waals surface area contributed by atoms with Crippen LogP contribution in [0.3, 0.4) is 0 Å². The van der Waals surface area contributed by atoms with Crippen LogP contribution >= 0.6 is 69.6 Å². The number of rotatable bonds is 0. The van der Waals surface area contributed by atoms with Crippen LogP contribution in [-0.4, -0.2) is 13.8 Å². The van der Waals surface area contributed by atoms with Crippen molar-refractivity contribution < 1.29 is 13.2 Å². The summed E-state index contributed by atoms with van der Waals surface area (Å²) >= 11 is 28.4. The molecule has 0 aliphatic heterocycles. The maximum absolute atomic E-state index is 11.2. The van der Waals surface area contributed by atoms with E-state index in [-0.39, 0.29) is 0 Å². The van der Waals surface area contributed by atoms with E-state index in [0.717, 1.165) is 0 Å². The standard InChI is InChI=1S/C2Cl3F3.C2H3Cl3/c3-1(4,5)2(6,7)8;1-2(3,4)5/h;1H3. The van der Waals surface area contributed by atoms with Crippen molar-refractivity contribution in [2.45, 2.75) is 20.7 Å². The summed E-state index contributed by atoms with van der Waals surface area (Å²) in [6.07, 6.45) is -4.77. The summed E-state index contributed by atoms with van der Waals surface area (Å²) in [6, 6.07) is 0. The Labute approximate surface area is 103 Å². The van der Waals surface area contributed by atoms with Crippen molar-refractivity contribution in [1.29, 1.82) is 0 Å². The average Bonchev–Trinajstić information content (AvgIpc) is 1.50. The number of hydrogen-bond acceptors (Lipinski definition) is 0. The Morgan fingerprint density at radius 2 is 0.846 bits per heavy atom. The first-order valence-electron chi connectivity index (χ1n) is 2.45. The third kappa shape index (κ3) is 16.2. The molecule has 0 unspecified atom stereocenters. The van der Waals surface area contributed by atoms with E-state index in [0.29, 0.717) is 0 Å². The van der Waals surface area contributed by atoms with Gasteiger partial charge in [0.05, 0.1) is 0 Å². The third-order valence-corrected chi connectivity index (χ3v) is 0.964. The molecule has 0 aromatic rings. The van der Waals surface area contributed by atoms with E-state index in [1.165, 1.54) is 6.92 Å². The van der Waals surface area contributed by atoms with Crippen molar-refractivity contribution >= 4 is 69.6 Å². The summed E-state index contributed by atoms with van der Waals surface area (Å²) in [4.78, 5) is 0. The second-order valence-electron chi connectivity index (χ2n) is 1.78. The van der Waals surface area contributed by atoms with Crippen molar-refractivity contribution in [3.05, 3.63) is 0 Å². The summed E-state index contributed by atoms with van der Waals surface area (Å²) in [7, 11) is 0. The summed E-state index contributed by atoms with van der Waals surface area (Å²) in [5, 5.41) is 0. The van der Waals surface area contributed by atoms with Crippen molar-refractivity contribution in [1.82, 2.24) is 0 Å². The van der Waals surface area contributed by atoms with Gasteiger partial charge in [-0.2, -0.15) is 13.2 Å². The lowest BCUT2D eigenvalue weighted by Crippen LogP contribution is -2.27. The summed E-state index contributed by atoms with van der Waals surface area (Å²) < 4.78 is 29.3. The predicted molar refractivity (Wildman–Crippen MR) is 52.3 cm³/mol. The van der Waals surface area contributed by atoms with Gasteiger partial charge in [0.2, 0.25) is 0 Å². The Morgan fingerprint density at radius 1 is 0.769 bits per heavy atom. The molecule has 0 bridgehead atoms. The normalized spacial score (nSPS) is 13.4. The monoisotopic (exact) mass is 318 g/mol. The lowest BCUT2D eigenvalue weighted by Gasteiger charge is -2.13. The van der Waals surface area contributed by atoms with E-state index in [9.17, 15) is 13.2 Å². The van der Waals surface area contributed by atoms with Crippen LogP contribution in [0.4, 0.5) is 13.2 Å². The highest BCUT2D eigenvalue weighted by Gasteiger charge is 2.51. The largest absolute Gasteiger partial charge is 0.435 e. The molecule has 0 saturated heterocycles. The van der Waals surface area contributed by atoms with Crippen molar-refractivity contribution in [2.75, 3.05) is 0 Å². The van der Waals surface area contributed by atoms with Gasteiger partial charge in [-0.15, -0.1) is 0 Å². The van der Waals surface area contributed by atoms with Gasteiger partial charge in [-0.25, -0.2) is 0 Å². The molecule has 13 heavy (non-hydrogen) atoms. The molecular formula is C4H3Cl6F3. The van der Waals surface area contributed by atoms with Gasteiger partial charge in [-0.05, 0) is 6.92 Å². The molecule has 0 amide bonds. The number of alkyl halides is 9. The summed E-state index contributed by atoms with van der Waals surface area (Å²) in [5.41, 5.74) is 0. The van der Waals surface area contributed by atoms with Gasteiger partial charge in [-0.3, -0.25) is 0 Å². The zero-order valence-electron chi connectivity index (χ0n) is 5.90. The van der Waals surface area contributed by atoms with Crippen LogP contribution in [0.1, 0.15) is 6.92 Å². The molecule has 9 heteroatoms. The molecule has 0 aromatic carbocycles. The van der Waals surface area contributed by atoms with E-state index in [2.05, 4.69) is 34.8 Å². The highest BCUT2D eigenvalue weighted by atomic mass is 35.6. The van der Waals surface area contributed by atoms with Gasteiger partial charge in [-0.1, -0.05) is 69.6 Å². The minimum atomic E-state index is -4.77. The van der Waals surface area contributed by atoms with E-state index < -0.39 is 13.8 Å². The Morgan fingerprint density at radius 3 is 0.846 bits per heavy atom. The Balaban J connectivity index is 0. The highest BCUT2D eigenvalue weighted by molar-refractivity contribution is 6.68. The van der Waals surface area contributed by atoms with Crippen LogP contribution in [0, 0.1) is 0 Å². The van der Waals surface area contributed by atoms with Gasteiger partial charge in [0.15, 0.2) is 3.79 Å². The molecule has 0 heterocycles. The maximum atomic E-state index is 11.2. The molecule has 0 saturated carbocycles. The summed E-state index contributed by atoms with van der Waals surface area (Å²) in [5.74, 6) is 0. The van der Waals surface area contributed by atoms with Crippen molar-refractivity contribution in [2.24, 2.45) is 0 Å². The maximum Gasteiger partial charge on any atom is 0.435 e. The fourth-order valence-corrected chi connectivity index (χ4v) is 0. The minimum absolute atomic E-state index is 1.08. The van der Waals surface area contributed by atoms with Gasteiger partial charge in [0.25, 0.3) is 3.79 Å². The van der Waals surface area contributed by atoms with Crippen LogP contribution in [0.5, 0.6) is 0 Å². The first-order chi connectivity index (χ1) is 5.25. The van der Waals surface area contributed by atoms with Gasteiger partial charge >= 0.3 is 6.18 Å². The SMILES string of the molecule is CC(Cl)(Cl)Cl.FC(F)(F)C(Cl)(Cl)Cl. The van der Waals surface area contributed by atoms with Crippen molar-refractivity contribution in [3.63, 3.8) is 0 Å². The molecule has 0 atom stereocenters. The molecule has 0 aliphatic carbocycles. The van der Waals surface area contributed by atoms with E-state index >= 15 is 0 Å². The Hall–Kier alpha value is 1.53. The van der Waals surface area contributed by atoms with E-state index in [4.69, 9.17) is 34.8 Å². The van der Waals surface area contributed by atoms with Crippen LogP contribution in [0.25, 0.3) is 0 Å². The first kappa shape index (κ1) is 16.9. The predicted octanol–water partition coefficient (Wildman–Crippen LogP) is 5.30. The summed E-state index contributed by atoms with van der Waals surface area (Å²) in [6.45, 7) is 1.48. The quantitative estimate of drug-likeness (QED) is 0.532. The second kappa shape index (κ2) is 5.57. The minimum Gasteiger partial charge on any atom is -0.166 e. The molecular weight excluding hydrogens is 318 g/mol. The van der Waals surface area contributed by atoms with Crippen molar-refractivity contribution in [3.8, 4) is 0 Å². The molecule has 0 aliphatic rings. The molecule has 82 valence electrons. The molecule has 0 radical (unpaired) electrons.